The van der Waals surface area contributed by atoms with Crippen molar-refractivity contribution in [1.82, 2.24) is 0 Å². The molecule has 0 radical (unpaired) electrons. The maximum absolute atomic E-state index is 12.8. The fourth-order valence-corrected chi connectivity index (χ4v) is 1.65. The van der Waals surface area contributed by atoms with Gasteiger partial charge in [-0.25, -0.2) is 9.18 Å². The summed E-state index contributed by atoms with van der Waals surface area (Å²) >= 11 is 0. The van der Waals surface area contributed by atoms with Gasteiger partial charge in [0, 0.05) is 5.56 Å². The molecule has 0 saturated heterocycles. The number of benzene rings is 2. The van der Waals surface area contributed by atoms with E-state index >= 15 is 0 Å². The van der Waals surface area contributed by atoms with Gasteiger partial charge in [-0.05, 0) is 31.2 Å². The third kappa shape index (κ3) is 3.31. The molecule has 0 aliphatic heterocycles. The molecule has 0 aliphatic rings. The standard InChI is InChI=1S/C15H13FO3/c1-10-2-8-13(9-3-10)19-14(15(17)18)11-4-6-12(16)7-5-11/h2-9,14H,1H3,(H,17,18)/t14-/m1/s1. The first-order valence-electron chi connectivity index (χ1n) is 5.78. The van der Waals surface area contributed by atoms with Gasteiger partial charge in [-0.1, -0.05) is 29.8 Å². The topological polar surface area (TPSA) is 46.5 Å². The summed E-state index contributed by atoms with van der Waals surface area (Å²) in [4.78, 5) is 11.2. The van der Waals surface area contributed by atoms with Crippen LogP contribution in [0.5, 0.6) is 5.75 Å². The molecule has 0 unspecified atom stereocenters. The number of ether oxygens (including phenoxy) is 1. The van der Waals surface area contributed by atoms with Gasteiger partial charge in [0.15, 0.2) is 0 Å². The largest absolute Gasteiger partial charge is 0.478 e. The van der Waals surface area contributed by atoms with E-state index in [9.17, 15) is 14.3 Å². The molecular formula is C15H13FO3. The Morgan fingerprint density at radius 2 is 1.68 bits per heavy atom. The number of aryl methyl sites for hydroxylation is 1. The summed E-state index contributed by atoms with van der Waals surface area (Å²) in [6.07, 6.45) is -1.15. The Labute approximate surface area is 110 Å². The van der Waals surface area contributed by atoms with Crippen molar-refractivity contribution in [2.45, 2.75) is 13.0 Å². The number of carbonyl (C=O) groups is 1. The van der Waals surface area contributed by atoms with E-state index < -0.39 is 17.9 Å². The highest BCUT2D eigenvalue weighted by molar-refractivity contribution is 5.74. The summed E-state index contributed by atoms with van der Waals surface area (Å²) in [5, 5.41) is 9.19. The molecule has 0 bridgehead atoms. The molecule has 0 amide bonds. The van der Waals surface area contributed by atoms with Crippen molar-refractivity contribution in [3.63, 3.8) is 0 Å². The van der Waals surface area contributed by atoms with E-state index in [0.717, 1.165) is 5.56 Å². The van der Waals surface area contributed by atoms with Gasteiger partial charge >= 0.3 is 5.97 Å². The van der Waals surface area contributed by atoms with Crippen LogP contribution in [-0.2, 0) is 4.79 Å². The average molecular weight is 260 g/mol. The highest BCUT2D eigenvalue weighted by Crippen LogP contribution is 2.23. The van der Waals surface area contributed by atoms with Crippen LogP contribution in [-0.4, -0.2) is 11.1 Å². The Morgan fingerprint density at radius 3 is 2.21 bits per heavy atom. The van der Waals surface area contributed by atoms with Crippen molar-refractivity contribution in [3.8, 4) is 5.75 Å². The molecule has 0 saturated carbocycles. The summed E-state index contributed by atoms with van der Waals surface area (Å²) in [7, 11) is 0. The third-order valence-electron chi connectivity index (χ3n) is 2.67. The van der Waals surface area contributed by atoms with Crippen molar-refractivity contribution < 1.29 is 19.0 Å². The molecule has 19 heavy (non-hydrogen) atoms. The maximum Gasteiger partial charge on any atom is 0.349 e. The summed E-state index contributed by atoms with van der Waals surface area (Å²) in [5.41, 5.74) is 1.45. The van der Waals surface area contributed by atoms with E-state index in [-0.39, 0.29) is 0 Å². The number of rotatable bonds is 4. The minimum Gasteiger partial charge on any atom is -0.478 e. The van der Waals surface area contributed by atoms with Crippen molar-refractivity contribution in [3.05, 3.63) is 65.5 Å². The summed E-state index contributed by atoms with van der Waals surface area (Å²) in [6.45, 7) is 1.93. The number of aliphatic carboxylic acids is 1. The van der Waals surface area contributed by atoms with E-state index in [1.807, 2.05) is 19.1 Å². The molecular weight excluding hydrogens is 247 g/mol. The first kappa shape index (κ1) is 13.1. The van der Waals surface area contributed by atoms with Gasteiger partial charge in [0.05, 0.1) is 0 Å². The highest BCUT2D eigenvalue weighted by Gasteiger charge is 2.21. The van der Waals surface area contributed by atoms with Gasteiger partial charge in [0.25, 0.3) is 0 Å². The Balaban J connectivity index is 2.23. The van der Waals surface area contributed by atoms with Gasteiger partial charge in [-0.15, -0.1) is 0 Å². The predicted molar refractivity (Wildman–Crippen MR) is 68.6 cm³/mol. The summed E-state index contributed by atoms with van der Waals surface area (Å²) in [6, 6.07) is 12.3. The van der Waals surface area contributed by atoms with Gasteiger partial charge in [0.2, 0.25) is 6.10 Å². The van der Waals surface area contributed by atoms with Crippen LogP contribution in [0.25, 0.3) is 0 Å². The lowest BCUT2D eigenvalue weighted by atomic mass is 10.1. The number of carboxylic acid groups (broad SMARTS) is 1. The Hall–Kier alpha value is -2.36. The fourth-order valence-electron chi connectivity index (χ4n) is 1.65. The van der Waals surface area contributed by atoms with Crippen LogP contribution in [0.1, 0.15) is 17.2 Å². The summed E-state index contributed by atoms with van der Waals surface area (Å²) < 4.78 is 18.3. The number of hydrogen-bond acceptors (Lipinski definition) is 2. The van der Waals surface area contributed by atoms with E-state index in [4.69, 9.17) is 4.74 Å². The van der Waals surface area contributed by atoms with Crippen LogP contribution in [0.3, 0.4) is 0 Å². The van der Waals surface area contributed by atoms with Crippen molar-refractivity contribution >= 4 is 5.97 Å². The van der Waals surface area contributed by atoms with E-state index in [2.05, 4.69) is 0 Å². The molecule has 2 aromatic carbocycles. The second kappa shape index (κ2) is 5.52. The van der Waals surface area contributed by atoms with Crippen LogP contribution in [0.4, 0.5) is 4.39 Å². The molecule has 1 N–H and O–H groups in total. The molecule has 2 rings (SSSR count). The number of halogens is 1. The monoisotopic (exact) mass is 260 g/mol. The van der Waals surface area contributed by atoms with Crippen molar-refractivity contribution in [1.29, 1.82) is 0 Å². The van der Waals surface area contributed by atoms with Gasteiger partial charge in [0.1, 0.15) is 11.6 Å². The summed E-state index contributed by atoms with van der Waals surface area (Å²) in [5.74, 6) is -1.07. The van der Waals surface area contributed by atoms with E-state index in [1.165, 1.54) is 24.3 Å². The van der Waals surface area contributed by atoms with Crippen LogP contribution < -0.4 is 4.74 Å². The third-order valence-corrected chi connectivity index (χ3v) is 2.67. The molecule has 1 atom stereocenters. The smallest absolute Gasteiger partial charge is 0.349 e. The minimum atomic E-state index is -1.15. The molecule has 98 valence electrons. The van der Waals surface area contributed by atoms with Crippen molar-refractivity contribution in [2.75, 3.05) is 0 Å². The van der Waals surface area contributed by atoms with E-state index in [1.54, 1.807) is 12.1 Å². The highest BCUT2D eigenvalue weighted by atomic mass is 19.1. The molecule has 0 aliphatic carbocycles. The molecule has 0 heterocycles. The average Bonchev–Trinajstić information content (AvgIpc) is 2.39. The lowest BCUT2D eigenvalue weighted by Crippen LogP contribution is -2.18. The number of hydrogen-bond donors (Lipinski definition) is 1. The Kier molecular flexibility index (Phi) is 3.80. The Morgan fingerprint density at radius 1 is 1.11 bits per heavy atom. The van der Waals surface area contributed by atoms with E-state index in [0.29, 0.717) is 11.3 Å². The molecule has 0 spiro atoms. The number of carboxylic acids is 1. The molecule has 3 nitrogen and oxygen atoms in total. The quantitative estimate of drug-likeness (QED) is 0.917. The van der Waals surface area contributed by atoms with Crippen LogP contribution in [0, 0.1) is 12.7 Å². The minimum absolute atomic E-state index is 0.398. The fraction of sp³-hybridized carbons (Fsp3) is 0.133. The lowest BCUT2D eigenvalue weighted by Gasteiger charge is -2.15. The molecule has 0 aromatic heterocycles. The predicted octanol–water partition coefficient (Wildman–Crippen LogP) is 3.34. The zero-order chi connectivity index (χ0) is 13.8. The van der Waals surface area contributed by atoms with Crippen LogP contribution >= 0.6 is 0 Å². The normalized spacial score (nSPS) is 11.9. The van der Waals surface area contributed by atoms with Gasteiger partial charge < -0.3 is 9.84 Å². The second-order valence-electron chi connectivity index (χ2n) is 4.20. The van der Waals surface area contributed by atoms with Crippen molar-refractivity contribution in [2.24, 2.45) is 0 Å². The first-order valence-corrected chi connectivity index (χ1v) is 5.78. The zero-order valence-electron chi connectivity index (χ0n) is 10.3. The maximum atomic E-state index is 12.8. The zero-order valence-corrected chi connectivity index (χ0v) is 10.3. The van der Waals surface area contributed by atoms with Gasteiger partial charge in [-0.3, -0.25) is 0 Å². The van der Waals surface area contributed by atoms with Gasteiger partial charge in [-0.2, -0.15) is 0 Å². The molecule has 4 heteroatoms. The Bertz CT molecular complexity index is 561. The molecule has 2 aromatic rings. The van der Waals surface area contributed by atoms with Crippen LogP contribution in [0.2, 0.25) is 0 Å². The SMILES string of the molecule is Cc1ccc(O[C@@H](C(=O)O)c2ccc(F)cc2)cc1. The lowest BCUT2D eigenvalue weighted by molar-refractivity contribution is -0.145. The molecule has 0 fully saturated rings. The van der Waals surface area contributed by atoms with Crippen LogP contribution in [0.15, 0.2) is 48.5 Å². The first-order chi connectivity index (χ1) is 9.06. The second-order valence-corrected chi connectivity index (χ2v) is 4.20.